The van der Waals surface area contributed by atoms with Crippen LogP contribution in [0.1, 0.15) is 75.2 Å². The summed E-state index contributed by atoms with van der Waals surface area (Å²) in [6.07, 6.45) is 4.49. The molecule has 0 radical (unpaired) electrons. The Morgan fingerprint density at radius 1 is 1.18 bits per heavy atom. The van der Waals surface area contributed by atoms with Gasteiger partial charge in [0, 0.05) is 36.1 Å². The number of rotatable bonds is 10. The maximum atomic E-state index is 12.7. The van der Waals surface area contributed by atoms with Gasteiger partial charge in [0.15, 0.2) is 5.96 Å². The van der Waals surface area contributed by atoms with Crippen LogP contribution in [0, 0.1) is 5.92 Å². The molecule has 0 bridgehead atoms. The molecule has 0 fully saturated rings. The Morgan fingerprint density at radius 2 is 2.03 bits per heavy atom. The van der Waals surface area contributed by atoms with Gasteiger partial charge in [0.25, 0.3) is 5.91 Å². The van der Waals surface area contributed by atoms with E-state index in [-0.39, 0.29) is 11.8 Å². The molecule has 1 atom stereocenters. The highest BCUT2D eigenvalue weighted by atomic mass is 16.5. The van der Waals surface area contributed by atoms with Crippen molar-refractivity contribution in [3.63, 3.8) is 0 Å². The van der Waals surface area contributed by atoms with Gasteiger partial charge in [-0.05, 0) is 60.6 Å². The number of carbonyl (C=O) groups excluding carboxylic acids is 1. The lowest BCUT2D eigenvalue weighted by Crippen LogP contribution is -2.43. The molecule has 6 heteroatoms. The SMILES string of the molecule is CCCC(CC)COc1cccc(Nc2ccc(C(=O)NC3=NCCCN3)cc2C(C)C)c1. The molecular weight excluding hydrogens is 412 g/mol. The zero-order chi connectivity index (χ0) is 23.6. The summed E-state index contributed by atoms with van der Waals surface area (Å²) in [4.78, 5) is 17.1. The Balaban J connectivity index is 1.71. The van der Waals surface area contributed by atoms with Crippen molar-refractivity contribution in [2.24, 2.45) is 10.9 Å². The van der Waals surface area contributed by atoms with Gasteiger partial charge in [-0.1, -0.05) is 46.6 Å². The summed E-state index contributed by atoms with van der Waals surface area (Å²) in [6, 6.07) is 13.9. The minimum Gasteiger partial charge on any atom is -0.493 e. The van der Waals surface area contributed by atoms with E-state index in [0.29, 0.717) is 17.4 Å². The van der Waals surface area contributed by atoms with E-state index in [1.54, 1.807) is 0 Å². The zero-order valence-corrected chi connectivity index (χ0v) is 20.4. The second kappa shape index (κ2) is 12.3. The van der Waals surface area contributed by atoms with Gasteiger partial charge in [-0.3, -0.25) is 15.1 Å². The van der Waals surface area contributed by atoms with Crippen molar-refractivity contribution in [2.75, 3.05) is 25.0 Å². The minimum absolute atomic E-state index is 0.149. The van der Waals surface area contributed by atoms with E-state index in [1.165, 1.54) is 12.8 Å². The van der Waals surface area contributed by atoms with Crippen LogP contribution < -0.4 is 20.7 Å². The number of hydrogen-bond acceptors (Lipinski definition) is 5. The summed E-state index contributed by atoms with van der Waals surface area (Å²) in [7, 11) is 0. The second-order valence-corrected chi connectivity index (χ2v) is 8.95. The summed E-state index contributed by atoms with van der Waals surface area (Å²) in [5, 5.41) is 9.53. The van der Waals surface area contributed by atoms with Gasteiger partial charge < -0.3 is 15.4 Å². The topological polar surface area (TPSA) is 74.8 Å². The first-order chi connectivity index (χ1) is 16.0. The number of amides is 1. The molecule has 0 saturated heterocycles. The van der Waals surface area contributed by atoms with E-state index in [4.69, 9.17) is 4.74 Å². The molecule has 0 aromatic heterocycles. The molecule has 0 saturated carbocycles. The molecule has 3 N–H and O–H groups in total. The van der Waals surface area contributed by atoms with Crippen LogP contribution in [-0.4, -0.2) is 31.6 Å². The van der Waals surface area contributed by atoms with E-state index in [2.05, 4.69) is 48.6 Å². The van der Waals surface area contributed by atoms with E-state index in [1.807, 2.05) is 42.5 Å². The molecule has 178 valence electrons. The summed E-state index contributed by atoms with van der Waals surface area (Å²) in [6.45, 7) is 11.0. The van der Waals surface area contributed by atoms with Crippen molar-refractivity contribution >= 4 is 23.2 Å². The highest BCUT2D eigenvalue weighted by Gasteiger charge is 2.15. The summed E-state index contributed by atoms with van der Waals surface area (Å²) < 4.78 is 6.08. The number of nitrogens with one attached hydrogen (secondary N) is 3. The van der Waals surface area contributed by atoms with Crippen LogP contribution in [0.5, 0.6) is 5.75 Å². The standard InChI is InChI=1S/C27H38N4O2/c1-5-9-20(6-2)18-33-23-11-7-10-22(17-23)30-25-13-12-21(16-24(25)19(3)4)26(32)31-27-28-14-8-15-29-27/h7,10-13,16-17,19-20,30H,5-6,8-9,14-15,18H2,1-4H3,(H2,28,29,31,32). The van der Waals surface area contributed by atoms with E-state index in [0.717, 1.165) is 55.2 Å². The van der Waals surface area contributed by atoms with Gasteiger partial charge in [-0.2, -0.15) is 0 Å². The number of benzene rings is 2. The second-order valence-electron chi connectivity index (χ2n) is 8.95. The molecule has 1 amide bonds. The number of anilines is 2. The summed E-state index contributed by atoms with van der Waals surface area (Å²) in [5.41, 5.74) is 3.67. The van der Waals surface area contributed by atoms with Crippen molar-refractivity contribution in [1.82, 2.24) is 10.6 Å². The van der Waals surface area contributed by atoms with Crippen molar-refractivity contribution < 1.29 is 9.53 Å². The molecule has 0 aliphatic carbocycles. The minimum atomic E-state index is -0.149. The Labute approximate surface area is 198 Å². The molecule has 6 nitrogen and oxygen atoms in total. The quantitative estimate of drug-likeness (QED) is 0.425. The number of aliphatic imine (C=N–C) groups is 1. The number of nitrogens with zero attached hydrogens (tertiary/aromatic N) is 1. The molecule has 33 heavy (non-hydrogen) atoms. The zero-order valence-electron chi connectivity index (χ0n) is 20.4. The Bertz CT molecular complexity index is 955. The lowest BCUT2D eigenvalue weighted by atomic mass is 9.98. The lowest BCUT2D eigenvalue weighted by molar-refractivity contribution is 0.0975. The van der Waals surface area contributed by atoms with Crippen molar-refractivity contribution in [3.8, 4) is 5.75 Å². The molecular formula is C27H38N4O2. The van der Waals surface area contributed by atoms with Crippen LogP contribution in [0.15, 0.2) is 47.5 Å². The third-order valence-corrected chi connectivity index (χ3v) is 5.94. The van der Waals surface area contributed by atoms with E-state index in [9.17, 15) is 4.79 Å². The van der Waals surface area contributed by atoms with Crippen LogP contribution in [0.2, 0.25) is 0 Å². The summed E-state index contributed by atoms with van der Waals surface area (Å²) in [5.74, 6) is 2.12. The smallest absolute Gasteiger partial charge is 0.257 e. The molecule has 1 aliphatic heterocycles. The van der Waals surface area contributed by atoms with E-state index >= 15 is 0 Å². The first-order valence-corrected chi connectivity index (χ1v) is 12.2. The van der Waals surface area contributed by atoms with Crippen LogP contribution in [0.3, 0.4) is 0 Å². The van der Waals surface area contributed by atoms with Crippen LogP contribution in [0.4, 0.5) is 11.4 Å². The average Bonchev–Trinajstić information content (AvgIpc) is 2.82. The first-order valence-electron chi connectivity index (χ1n) is 12.2. The van der Waals surface area contributed by atoms with E-state index < -0.39 is 0 Å². The molecule has 1 aliphatic rings. The normalized spacial score (nSPS) is 14.3. The number of carbonyl (C=O) groups is 1. The fraction of sp³-hybridized carbons (Fsp3) is 0.481. The van der Waals surface area contributed by atoms with Crippen LogP contribution >= 0.6 is 0 Å². The number of hydrogen-bond donors (Lipinski definition) is 3. The lowest BCUT2D eigenvalue weighted by Gasteiger charge is -2.19. The average molecular weight is 451 g/mol. The van der Waals surface area contributed by atoms with Gasteiger partial charge in [0.2, 0.25) is 0 Å². The van der Waals surface area contributed by atoms with Crippen LogP contribution in [-0.2, 0) is 0 Å². The maximum absolute atomic E-state index is 12.7. The largest absolute Gasteiger partial charge is 0.493 e. The maximum Gasteiger partial charge on any atom is 0.257 e. The number of ether oxygens (including phenoxy) is 1. The predicted octanol–water partition coefficient (Wildman–Crippen LogP) is 5.84. The third-order valence-electron chi connectivity index (χ3n) is 5.94. The summed E-state index contributed by atoms with van der Waals surface area (Å²) >= 11 is 0. The first kappa shape index (κ1) is 24.6. The van der Waals surface area contributed by atoms with Crippen LogP contribution in [0.25, 0.3) is 0 Å². The number of guanidine groups is 1. The molecule has 2 aromatic rings. The third kappa shape index (κ3) is 7.24. The van der Waals surface area contributed by atoms with Gasteiger partial charge >= 0.3 is 0 Å². The Morgan fingerprint density at radius 3 is 2.73 bits per heavy atom. The van der Waals surface area contributed by atoms with Crippen molar-refractivity contribution in [2.45, 2.75) is 59.3 Å². The molecule has 3 rings (SSSR count). The highest BCUT2D eigenvalue weighted by molar-refractivity contribution is 6.06. The molecule has 0 spiro atoms. The van der Waals surface area contributed by atoms with Gasteiger partial charge in [-0.25, -0.2) is 0 Å². The Hall–Kier alpha value is -3.02. The molecule has 1 heterocycles. The molecule has 2 aromatic carbocycles. The van der Waals surface area contributed by atoms with Crippen molar-refractivity contribution in [1.29, 1.82) is 0 Å². The van der Waals surface area contributed by atoms with Gasteiger partial charge in [0.05, 0.1) is 6.61 Å². The van der Waals surface area contributed by atoms with Crippen molar-refractivity contribution in [3.05, 3.63) is 53.6 Å². The van der Waals surface area contributed by atoms with Gasteiger partial charge in [-0.15, -0.1) is 0 Å². The van der Waals surface area contributed by atoms with Gasteiger partial charge in [0.1, 0.15) is 5.75 Å². The monoisotopic (exact) mass is 450 g/mol. The predicted molar refractivity (Wildman–Crippen MR) is 137 cm³/mol. The Kier molecular flexibility index (Phi) is 9.16. The highest BCUT2D eigenvalue weighted by Crippen LogP contribution is 2.30. The fourth-order valence-corrected chi connectivity index (χ4v) is 3.94. The molecule has 1 unspecified atom stereocenters. The fourth-order valence-electron chi connectivity index (χ4n) is 3.94.